The summed E-state index contributed by atoms with van der Waals surface area (Å²) in [6.07, 6.45) is 1.79. The summed E-state index contributed by atoms with van der Waals surface area (Å²) in [5.41, 5.74) is 1.69. The highest BCUT2D eigenvalue weighted by atomic mass is 14.7. The van der Waals surface area contributed by atoms with E-state index in [1.165, 1.54) is 5.56 Å². The first-order chi connectivity index (χ1) is 6.15. The molecule has 1 rings (SSSR count). The Bertz CT molecular complexity index is 306. The number of pyridine rings is 1. The number of nitriles is 1. The van der Waals surface area contributed by atoms with Gasteiger partial charge in [0.2, 0.25) is 0 Å². The first-order valence-corrected chi connectivity index (χ1v) is 4.51. The van der Waals surface area contributed by atoms with E-state index in [9.17, 15) is 0 Å². The quantitative estimate of drug-likeness (QED) is 0.691. The molecule has 68 valence electrons. The monoisotopic (exact) mass is 174 g/mol. The Morgan fingerprint density at radius 1 is 1.31 bits per heavy atom. The summed E-state index contributed by atoms with van der Waals surface area (Å²) in [4.78, 5) is 4.04. The van der Waals surface area contributed by atoms with Gasteiger partial charge in [-0.3, -0.25) is 0 Å². The minimum absolute atomic E-state index is 0.486. The fourth-order valence-electron chi connectivity index (χ4n) is 1.13. The van der Waals surface area contributed by atoms with Crippen molar-refractivity contribution in [2.45, 2.75) is 26.7 Å². The van der Waals surface area contributed by atoms with E-state index < -0.39 is 0 Å². The molecule has 2 heteroatoms. The third-order valence-corrected chi connectivity index (χ3v) is 2.43. The van der Waals surface area contributed by atoms with Gasteiger partial charge in [-0.25, -0.2) is 4.98 Å². The predicted octanol–water partition coefficient (Wildman–Crippen LogP) is 2.71. The van der Waals surface area contributed by atoms with E-state index in [2.05, 4.69) is 25.8 Å². The van der Waals surface area contributed by atoms with E-state index in [0.717, 1.165) is 0 Å². The maximum atomic E-state index is 8.56. The molecule has 13 heavy (non-hydrogen) atoms. The van der Waals surface area contributed by atoms with E-state index in [4.69, 9.17) is 5.26 Å². The summed E-state index contributed by atoms with van der Waals surface area (Å²) in [6, 6.07) is 5.77. The maximum absolute atomic E-state index is 8.56. The lowest BCUT2D eigenvalue weighted by atomic mass is 9.91. The Kier molecular flexibility index (Phi) is 3.02. The second-order valence-corrected chi connectivity index (χ2v) is 3.62. The summed E-state index contributed by atoms with van der Waals surface area (Å²) in [5, 5.41) is 8.56. The molecule has 1 aromatic rings. The van der Waals surface area contributed by atoms with E-state index in [-0.39, 0.29) is 0 Å². The van der Waals surface area contributed by atoms with Crippen LogP contribution in [0.5, 0.6) is 0 Å². The van der Waals surface area contributed by atoms with Crippen LogP contribution in [0, 0.1) is 17.2 Å². The molecule has 0 amide bonds. The summed E-state index contributed by atoms with van der Waals surface area (Å²) in [7, 11) is 0. The summed E-state index contributed by atoms with van der Waals surface area (Å²) < 4.78 is 0. The highest BCUT2D eigenvalue weighted by Gasteiger charge is 2.09. The molecule has 0 radical (unpaired) electrons. The number of rotatable bonds is 2. The third-order valence-electron chi connectivity index (χ3n) is 2.43. The smallest absolute Gasteiger partial charge is 0.140 e. The zero-order valence-corrected chi connectivity index (χ0v) is 8.28. The van der Waals surface area contributed by atoms with Crippen LogP contribution >= 0.6 is 0 Å². The van der Waals surface area contributed by atoms with Crippen LogP contribution in [0.3, 0.4) is 0 Å². The predicted molar refractivity (Wildman–Crippen MR) is 52.2 cm³/mol. The topological polar surface area (TPSA) is 36.7 Å². The van der Waals surface area contributed by atoms with Gasteiger partial charge in [0.1, 0.15) is 11.8 Å². The fraction of sp³-hybridized carbons (Fsp3) is 0.455. The largest absolute Gasteiger partial charge is 0.245 e. The van der Waals surface area contributed by atoms with Crippen LogP contribution in [-0.4, -0.2) is 4.98 Å². The first-order valence-electron chi connectivity index (χ1n) is 4.51. The Morgan fingerprint density at radius 3 is 2.38 bits per heavy atom. The number of nitrogens with zero attached hydrogens (tertiary/aromatic N) is 2. The maximum Gasteiger partial charge on any atom is 0.140 e. The van der Waals surface area contributed by atoms with Crippen LogP contribution in [0.25, 0.3) is 0 Å². The summed E-state index contributed by atoms with van der Waals surface area (Å²) in [6.45, 7) is 6.54. The zero-order valence-electron chi connectivity index (χ0n) is 8.28. The standard InChI is InChI=1S/C11H14N2/c1-8(2)9(3)10-4-5-11(6-12)13-7-10/h4-5,7-9H,1-3H3/t9-/m0/s1. The van der Waals surface area contributed by atoms with E-state index in [1.54, 1.807) is 12.3 Å². The lowest BCUT2D eigenvalue weighted by Gasteiger charge is -2.14. The molecule has 2 nitrogen and oxygen atoms in total. The molecule has 0 saturated carbocycles. The van der Waals surface area contributed by atoms with Gasteiger partial charge in [0.15, 0.2) is 0 Å². The van der Waals surface area contributed by atoms with Gasteiger partial charge >= 0.3 is 0 Å². The van der Waals surface area contributed by atoms with Gasteiger partial charge < -0.3 is 0 Å². The second kappa shape index (κ2) is 4.04. The molecule has 0 spiro atoms. The average molecular weight is 174 g/mol. The molecule has 0 unspecified atom stereocenters. The Labute approximate surface area is 79.2 Å². The molecule has 0 aliphatic heterocycles. The van der Waals surface area contributed by atoms with Gasteiger partial charge in [-0.1, -0.05) is 26.8 Å². The number of aromatic nitrogens is 1. The van der Waals surface area contributed by atoms with Crippen molar-refractivity contribution in [1.29, 1.82) is 5.26 Å². The first kappa shape index (κ1) is 9.73. The van der Waals surface area contributed by atoms with Gasteiger partial charge in [-0.2, -0.15) is 5.26 Å². The van der Waals surface area contributed by atoms with Crippen molar-refractivity contribution in [2.24, 2.45) is 5.92 Å². The molecule has 1 atom stereocenters. The molecule has 0 aromatic carbocycles. The minimum Gasteiger partial charge on any atom is -0.245 e. The molecule has 0 fully saturated rings. The Morgan fingerprint density at radius 2 is 2.00 bits per heavy atom. The molecule has 1 aromatic heterocycles. The fourth-order valence-corrected chi connectivity index (χ4v) is 1.13. The summed E-state index contributed by atoms with van der Waals surface area (Å²) >= 11 is 0. The normalized spacial score (nSPS) is 12.5. The van der Waals surface area contributed by atoms with E-state index in [1.807, 2.05) is 12.1 Å². The second-order valence-electron chi connectivity index (χ2n) is 3.62. The SMILES string of the molecule is CC(C)[C@H](C)c1ccc(C#N)nc1. The van der Waals surface area contributed by atoms with Gasteiger partial charge in [0, 0.05) is 6.20 Å². The van der Waals surface area contributed by atoms with Crippen molar-refractivity contribution in [3.63, 3.8) is 0 Å². The van der Waals surface area contributed by atoms with Crippen LogP contribution in [-0.2, 0) is 0 Å². The molecular formula is C11H14N2. The molecule has 0 saturated heterocycles. The number of hydrogen-bond acceptors (Lipinski definition) is 2. The van der Waals surface area contributed by atoms with Crippen LogP contribution < -0.4 is 0 Å². The van der Waals surface area contributed by atoms with Crippen LogP contribution in [0.2, 0.25) is 0 Å². The molecule has 0 aliphatic carbocycles. The van der Waals surface area contributed by atoms with Gasteiger partial charge in [0.25, 0.3) is 0 Å². The zero-order chi connectivity index (χ0) is 9.84. The van der Waals surface area contributed by atoms with Gasteiger partial charge in [0.05, 0.1) is 0 Å². The Balaban J connectivity index is 2.87. The van der Waals surface area contributed by atoms with Crippen LogP contribution in [0.4, 0.5) is 0 Å². The lowest BCUT2D eigenvalue weighted by molar-refractivity contribution is 0.533. The van der Waals surface area contributed by atoms with Crippen molar-refractivity contribution >= 4 is 0 Å². The van der Waals surface area contributed by atoms with E-state index in [0.29, 0.717) is 17.5 Å². The molecular weight excluding hydrogens is 160 g/mol. The van der Waals surface area contributed by atoms with Crippen LogP contribution in [0.1, 0.15) is 37.9 Å². The van der Waals surface area contributed by atoms with Gasteiger partial charge in [-0.05, 0) is 23.5 Å². The molecule has 0 bridgehead atoms. The molecule has 1 heterocycles. The lowest BCUT2D eigenvalue weighted by Crippen LogP contribution is -2.02. The average Bonchev–Trinajstić information content (AvgIpc) is 2.17. The third kappa shape index (κ3) is 2.29. The van der Waals surface area contributed by atoms with Crippen molar-refractivity contribution in [2.75, 3.05) is 0 Å². The van der Waals surface area contributed by atoms with Crippen molar-refractivity contribution in [3.8, 4) is 6.07 Å². The van der Waals surface area contributed by atoms with Crippen molar-refractivity contribution < 1.29 is 0 Å². The highest BCUT2D eigenvalue weighted by molar-refractivity contribution is 5.25. The minimum atomic E-state index is 0.486. The molecule has 0 aliphatic rings. The number of hydrogen-bond donors (Lipinski definition) is 0. The van der Waals surface area contributed by atoms with Gasteiger partial charge in [-0.15, -0.1) is 0 Å². The highest BCUT2D eigenvalue weighted by Crippen LogP contribution is 2.22. The summed E-state index contributed by atoms with van der Waals surface area (Å²) in [5.74, 6) is 1.11. The molecule has 0 N–H and O–H groups in total. The van der Waals surface area contributed by atoms with Crippen molar-refractivity contribution in [1.82, 2.24) is 4.98 Å². The van der Waals surface area contributed by atoms with Crippen LogP contribution in [0.15, 0.2) is 18.3 Å². The Hall–Kier alpha value is -1.36. The van der Waals surface area contributed by atoms with Crippen molar-refractivity contribution in [3.05, 3.63) is 29.6 Å². The van der Waals surface area contributed by atoms with E-state index >= 15 is 0 Å².